The number of fused-ring (bicyclic) bond motifs is 1. The number of nitrogens with zero attached hydrogens (tertiary/aromatic N) is 5. The third kappa shape index (κ3) is 3.71. The number of aryl methyl sites for hydroxylation is 2. The van der Waals surface area contributed by atoms with Crippen molar-refractivity contribution < 1.29 is 0 Å². The van der Waals surface area contributed by atoms with Crippen LogP contribution in [0, 0.1) is 13.8 Å². The van der Waals surface area contributed by atoms with Crippen molar-refractivity contribution >= 4 is 30.6 Å². The van der Waals surface area contributed by atoms with Crippen molar-refractivity contribution in [2.24, 2.45) is 9.85 Å². The van der Waals surface area contributed by atoms with Crippen molar-refractivity contribution in [3.8, 4) is 0 Å². The van der Waals surface area contributed by atoms with Gasteiger partial charge in [-0.15, -0.1) is 0 Å². The Balaban J connectivity index is 1.70. The molecule has 3 aromatic carbocycles. The van der Waals surface area contributed by atoms with Crippen LogP contribution in [0.1, 0.15) is 43.4 Å². The molecule has 0 aliphatic carbocycles. The van der Waals surface area contributed by atoms with Gasteiger partial charge in [0.05, 0.1) is 22.9 Å². The van der Waals surface area contributed by atoms with Gasteiger partial charge in [-0.1, -0.05) is 67.9 Å². The molecule has 1 atom stereocenters. The summed E-state index contributed by atoms with van der Waals surface area (Å²) < 4.78 is 10.7. The standard InChI is InChI=1S/C31H36N5P/c1-23-17-18-27(24(2)21-23)33-37(35-19-11-12-20-35)29(22-32-36(37)25-13-7-6-8-14-25)30-31(3,4)26-15-9-10-16-28(26)34(30)5/h6-10,13-18,21-22H,11-12,19-20H2,1-5H3/b30-29+/t37-/m1/s1. The molecule has 0 N–H and O–H groups in total. The highest BCUT2D eigenvalue weighted by atomic mass is 31.2. The van der Waals surface area contributed by atoms with Crippen LogP contribution in [-0.4, -0.2) is 31.0 Å². The van der Waals surface area contributed by atoms with Gasteiger partial charge in [-0.05, 0) is 62.1 Å². The molecular formula is C31H36N5P. The van der Waals surface area contributed by atoms with Crippen LogP contribution in [0.3, 0.4) is 0 Å². The number of benzene rings is 3. The normalized spacial score (nSPS) is 24.7. The van der Waals surface area contributed by atoms with Crippen molar-refractivity contribution in [3.63, 3.8) is 0 Å². The van der Waals surface area contributed by atoms with E-state index >= 15 is 0 Å². The van der Waals surface area contributed by atoms with E-state index in [-0.39, 0.29) is 5.41 Å². The molecular weight excluding hydrogens is 473 g/mol. The van der Waals surface area contributed by atoms with Gasteiger partial charge in [0.25, 0.3) is 0 Å². The van der Waals surface area contributed by atoms with E-state index in [1.165, 1.54) is 46.2 Å². The number of allylic oxidation sites excluding steroid dienone is 2. The summed E-state index contributed by atoms with van der Waals surface area (Å²) in [5, 5.41) is 6.44. The zero-order valence-corrected chi connectivity index (χ0v) is 23.4. The summed E-state index contributed by atoms with van der Waals surface area (Å²) in [7, 11) is -0.275. The van der Waals surface area contributed by atoms with Gasteiger partial charge in [0.15, 0.2) is 7.36 Å². The van der Waals surface area contributed by atoms with E-state index in [0.717, 1.165) is 24.5 Å². The average Bonchev–Trinajstić information content (AvgIpc) is 3.59. The van der Waals surface area contributed by atoms with Crippen LogP contribution in [0.2, 0.25) is 0 Å². The summed E-state index contributed by atoms with van der Waals surface area (Å²) in [6.07, 6.45) is 4.51. The zero-order chi connectivity index (χ0) is 25.8. The smallest absolute Gasteiger partial charge is 0.179 e. The summed E-state index contributed by atoms with van der Waals surface area (Å²) in [5.74, 6) is 0. The van der Waals surface area contributed by atoms with Crippen LogP contribution < -0.4 is 9.68 Å². The second-order valence-electron chi connectivity index (χ2n) is 10.9. The van der Waals surface area contributed by atoms with E-state index < -0.39 is 7.36 Å². The van der Waals surface area contributed by atoms with Gasteiger partial charge < -0.3 is 4.90 Å². The lowest BCUT2D eigenvalue weighted by Gasteiger charge is -2.40. The Kier molecular flexibility index (Phi) is 5.89. The van der Waals surface area contributed by atoms with Crippen molar-refractivity contribution in [3.05, 3.63) is 100 Å². The molecule has 0 unspecified atom stereocenters. The lowest BCUT2D eigenvalue weighted by molar-refractivity contribution is 0.558. The SMILES string of the molecule is Cc1ccc(N=[P@@]2(N3CCCC3)/C(=C3/N(C)c4ccccc4C3(C)C)C=NN2c2ccccc2)c(C)c1. The molecule has 0 radical (unpaired) electrons. The van der Waals surface area contributed by atoms with Crippen LogP contribution in [0.4, 0.5) is 17.1 Å². The van der Waals surface area contributed by atoms with Crippen LogP contribution >= 0.6 is 7.36 Å². The first-order valence-electron chi connectivity index (χ1n) is 13.3. The van der Waals surface area contributed by atoms with Crippen molar-refractivity contribution in [2.75, 3.05) is 29.8 Å². The fourth-order valence-corrected chi connectivity index (χ4v) is 10.3. The van der Waals surface area contributed by atoms with E-state index in [1.54, 1.807) is 0 Å². The molecule has 190 valence electrons. The number of hydrazone groups is 1. The fourth-order valence-electron chi connectivity index (χ4n) is 6.29. The summed E-state index contributed by atoms with van der Waals surface area (Å²) in [6.45, 7) is 11.1. The topological polar surface area (TPSA) is 34.4 Å². The molecule has 0 saturated carbocycles. The third-order valence-corrected chi connectivity index (χ3v) is 11.6. The molecule has 0 bridgehead atoms. The first kappa shape index (κ1) is 24.2. The number of hydrogen-bond acceptors (Lipinski definition) is 3. The van der Waals surface area contributed by atoms with Crippen molar-refractivity contribution in [2.45, 2.75) is 46.0 Å². The van der Waals surface area contributed by atoms with E-state index in [0.29, 0.717) is 0 Å². The van der Waals surface area contributed by atoms with Crippen molar-refractivity contribution in [1.82, 2.24) is 4.67 Å². The first-order chi connectivity index (χ1) is 17.8. The molecule has 6 heteroatoms. The highest BCUT2D eigenvalue weighted by Crippen LogP contribution is 2.71. The van der Waals surface area contributed by atoms with E-state index in [9.17, 15) is 0 Å². The van der Waals surface area contributed by atoms with Gasteiger partial charge in [0.1, 0.15) is 0 Å². The average molecular weight is 510 g/mol. The molecule has 0 aromatic heterocycles. The Morgan fingerprint density at radius 3 is 2.30 bits per heavy atom. The molecule has 3 aliphatic rings. The van der Waals surface area contributed by atoms with Gasteiger partial charge in [-0.25, -0.2) is 14.2 Å². The van der Waals surface area contributed by atoms with E-state index in [4.69, 9.17) is 9.85 Å². The Labute approximate surface area is 221 Å². The molecule has 3 heterocycles. The molecule has 6 rings (SSSR count). The Hall–Kier alpha value is -3.14. The minimum Gasteiger partial charge on any atom is -0.346 e. The lowest BCUT2D eigenvalue weighted by Crippen LogP contribution is -2.30. The molecule has 0 amide bonds. The molecule has 37 heavy (non-hydrogen) atoms. The minimum atomic E-state index is -2.49. The molecule has 3 aromatic rings. The molecule has 5 nitrogen and oxygen atoms in total. The minimum absolute atomic E-state index is 0.164. The van der Waals surface area contributed by atoms with Gasteiger partial charge in [0.2, 0.25) is 0 Å². The number of anilines is 2. The fraction of sp³-hybridized carbons (Fsp3) is 0.323. The highest BCUT2D eigenvalue weighted by Gasteiger charge is 2.50. The Bertz CT molecular complexity index is 1460. The van der Waals surface area contributed by atoms with Gasteiger partial charge >= 0.3 is 0 Å². The van der Waals surface area contributed by atoms with E-state index in [2.05, 4.69) is 128 Å². The van der Waals surface area contributed by atoms with Crippen LogP contribution in [0.15, 0.2) is 93.7 Å². The number of para-hydroxylation sites is 2. The predicted molar refractivity (Wildman–Crippen MR) is 158 cm³/mol. The molecule has 1 saturated heterocycles. The Morgan fingerprint density at radius 2 is 1.59 bits per heavy atom. The van der Waals surface area contributed by atoms with Crippen molar-refractivity contribution in [1.29, 1.82) is 0 Å². The second kappa shape index (κ2) is 9.01. The van der Waals surface area contributed by atoms with Crippen LogP contribution in [0.5, 0.6) is 0 Å². The van der Waals surface area contributed by atoms with Crippen LogP contribution in [0.25, 0.3) is 0 Å². The predicted octanol–water partition coefficient (Wildman–Crippen LogP) is 8.21. The summed E-state index contributed by atoms with van der Waals surface area (Å²) in [4.78, 5) is 2.40. The monoisotopic (exact) mass is 509 g/mol. The zero-order valence-electron chi connectivity index (χ0n) is 22.5. The quantitative estimate of drug-likeness (QED) is 0.334. The van der Waals surface area contributed by atoms with Gasteiger partial charge in [0, 0.05) is 36.9 Å². The first-order valence-corrected chi connectivity index (χ1v) is 14.9. The summed E-state index contributed by atoms with van der Waals surface area (Å²) >= 11 is 0. The van der Waals surface area contributed by atoms with E-state index in [1.807, 2.05) is 0 Å². The number of rotatable bonds is 3. The molecule has 3 aliphatic heterocycles. The highest BCUT2D eigenvalue weighted by molar-refractivity contribution is 7.71. The number of hydrogen-bond donors (Lipinski definition) is 0. The van der Waals surface area contributed by atoms with Gasteiger partial charge in [-0.3, -0.25) is 0 Å². The summed E-state index contributed by atoms with van der Waals surface area (Å²) in [6, 6.07) is 26.1. The van der Waals surface area contributed by atoms with Crippen LogP contribution in [-0.2, 0) is 5.41 Å². The third-order valence-electron chi connectivity index (χ3n) is 8.05. The summed E-state index contributed by atoms with van der Waals surface area (Å²) in [5.41, 5.74) is 8.41. The lowest BCUT2D eigenvalue weighted by atomic mass is 9.84. The number of likely N-dealkylation sites (N-methyl/N-ethyl adjacent to an activating group) is 1. The molecule has 0 spiro atoms. The Morgan fingerprint density at radius 1 is 0.892 bits per heavy atom. The maximum atomic E-state index is 5.81. The maximum absolute atomic E-state index is 5.81. The largest absolute Gasteiger partial charge is 0.346 e. The van der Waals surface area contributed by atoms with Gasteiger partial charge in [-0.2, -0.15) is 5.10 Å². The second-order valence-corrected chi connectivity index (χ2v) is 13.7. The maximum Gasteiger partial charge on any atom is 0.179 e. The molecule has 1 fully saturated rings.